The molecule has 1 aliphatic rings. The van der Waals surface area contributed by atoms with E-state index in [1.54, 1.807) is 0 Å². The largest absolute Gasteiger partial charge is 0.386 e. The summed E-state index contributed by atoms with van der Waals surface area (Å²) in [7, 11) is 0. The Hall–Kier alpha value is -2.17. The summed E-state index contributed by atoms with van der Waals surface area (Å²) in [5.74, 6) is -0.0497. The highest BCUT2D eigenvalue weighted by atomic mass is 16.3. The highest BCUT2D eigenvalue weighted by molar-refractivity contribution is 5.82. The van der Waals surface area contributed by atoms with Crippen LogP contribution in [0.2, 0.25) is 0 Å². The van der Waals surface area contributed by atoms with E-state index in [0.29, 0.717) is 0 Å². The van der Waals surface area contributed by atoms with Crippen LogP contribution < -0.4 is 10.6 Å². The first-order chi connectivity index (χ1) is 11.3. The zero-order valence-electron chi connectivity index (χ0n) is 13.0. The minimum Gasteiger partial charge on any atom is -0.386 e. The maximum atomic E-state index is 12.5. The first-order valence-electron chi connectivity index (χ1n) is 8.07. The van der Waals surface area contributed by atoms with Gasteiger partial charge in [-0.3, -0.25) is 4.79 Å². The minimum absolute atomic E-state index is 0.0497. The van der Waals surface area contributed by atoms with E-state index in [4.69, 9.17) is 0 Å². The summed E-state index contributed by atoms with van der Waals surface area (Å²) >= 11 is 0. The van der Waals surface area contributed by atoms with Crippen LogP contribution >= 0.6 is 0 Å². The molecule has 1 aliphatic heterocycles. The quantitative estimate of drug-likeness (QED) is 0.794. The number of rotatable bonds is 5. The minimum atomic E-state index is -0.788. The lowest BCUT2D eigenvalue weighted by Crippen LogP contribution is -2.43. The summed E-state index contributed by atoms with van der Waals surface area (Å²) in [4.78, 5) is 12.5. The molecule has 23 heavy (non-hydrogen) atoms. The van der Waals surface area contributed by atoms with Gasteiger partial charge in [0.15, 0.2) is 0 Å². The molecule has 0 aromatic heterocycles. The number of aliphatic hydroxyl groups is 1. The van der Waals surface area contributed by atoms with Gasteiger partial charge in [0, 0.05) is 0 Å². The van der Waals surface area contributed by atoms with Crippen molar-refractivity contribution in [2.45, 2.75) is 31.0 Å². The molecule has 0 bridgehead atoms. The molecule has 0 radical (unpaired) electrons. The number of nitrogens with one attached hydrogen (secondary N) is 2. The molecular weight excluding hydrogens is 288 g/mol. The third-order valence-electron chi connectivity index (χ3n) is 4.29. The summed E-state index contributed by atoms with van der Waals surface area (Å²) in [6, 6.07) is 18.4. The number of carbonyl (C=O) groups excluding carboxylic acids is 1. The Bertz CT molecular complexity index is 624. The molecular formula is C19H22N2O2. The number of benzene rings is 2. The second-order valence-electron chi connectivity index (χ2n) is 5.90. The normalized spacial score (nSPS) is 20.0. The fourth-order valence-electron chi connectivity index (χ4n) is 3.01. The van der Waals surface area contributed by atoms with Gasteiger partial charge in [0.25, 0.3) is 0 Å². The molecule has 1 fully saturated rings. The van der Waals surface area contributed by atoms with Crippen molar-refractivity contribution < 1.29 is 9.90 Å². The number of aliphatic hydroxyl groups excluding tert-OH is 1. The lowest BCUT2D eigenvalue weighted by atomic mass is 9.95. The van der Waals surface area contributed by atoms with E-state index >= 15 is 0 Å². The third-order valence-corrected chi connectivity index (χ3v) is 4.29. The van der Waals surface area contributed by atoms with Crippen LogP contribution in [-0.2, 0) is 4.79 Å². The van der Waals surface area contributed by atoms with Crippen molar-refractivity contribution in [1.82, 2.24) is 10.6 Å². The van der Waals surface area contributed by atoms with E-state index in [0.717, 1.165) is 30.5 Å². The molecule has 2 aromatic carbocycles. The Kier molecular flexibility index (Phi) is 5.05. The highest BCUT2D eigenvalue weighted by Gasteiger charge is 2.29. The van der Waals surface area contributed by atoms with Crippen LogP contribution in [-0.4, -0.2) is 23.6 Å². The predicted molar refractivity (Wildman–Crippen MR) is 89.8 cm³/mol. The second kappa shape index (κ2) is 7.40. The van der Waals surface area contributed by atoms with Crippen molar-refractivity contribution in [3.63, 3.8) is 0 Å². The SMILES string of the molecule is O=C(N[C@@H](c1ccccc1)[C@@H](O)c1ccccc1)[C@@H]1CCCN1. The van der Waals surface area contributed by atoms with E-state index in [2.05, 4.69) is 10.6 Å². The number of carbonyl (C=O) groups is 1. The van der Waals surface area contributed by atoms with Crippen LogP contribution in [0.25, 0.3) is 0 Å². The molecule has 1 saturated heterocycles. The monoisotopic (exact) mass is 310 g/mol. The van der Waals surface area contributed by atoms with Gasteiger partial charge in [-0.1, -0.05) is 60.7 Å². The first kappa shape index (κ1) is 15.7. The fourth-order valence-corrected chi connectivity index (χ4v) is 3.01. The average molecular weight is 310 g/mol. The Balaban J connectivity index is 1.83. The van der Waals surface area contributed by atoms with Crippen LogP contribution in [0.3, 0.4) is 0 Å². The highest BCUT2D eigenvalue weighted by Crippen LogP contribution is 2.29. The molecule has 0 aliphatic carbocycles. The summed E-state index contributed by atoms with van der Waals surface area (Å²) < 4.78 is 0. The van der Waals surface area contributed by atoms with Crippen LogP contribution in [0.1, 0.15) is 36.1 Å². The molecule has 3 atom stereocenters. The van der Waals surface area contributed by atoms with Gasteiger partial charge < -0.3 is 15.7 Å². The third kappa shape index (κ3) is 3.78. The van der Waals surface area contributed by atoms with Crippen molar-refractivity contribution in [3.05, 3.63) is 71.8 Å². The van der Waals surface area contributed by atoms with Gasteiger partial charge in [0.2, 0.25) is 5.91 Å². The first-order valence-corrected chi connectivity index (χ1v) is 8.07. The van der Waals surface area contributed by atoms with Crippen molar-refractivity contribution in [2.24, 2.45) is 0 Å². The molecule has 1 amide bonds. The van der Waals surface area contributed by atoms with Crippen LogP contribution in [0.4, 0.5) is 0 Å². The molecule has 3 N–H and O–H groups in total. The molecule has 120 valence electrons. The van der Waals surface area contributed by atoms with Gasteiger partial charge in [-0.05, 0) is 30.5 Å². The van der Waals surface area contributed by atoms with Gasteiger partial charge in [-0.15, -0.1) is 0 Å². The Morgan fingerprint density at radius 3 is 2.22 bits per heavy atom. The Morgan fingerprint density at radius 1 is 1.04 bits per heavy atom. The van der Waals surface area contributed by atoms with Crippen LogP contribution in [0, 0.1) is 0 Å². The average Bonchev–Trinajstić information content (AvgIpc) is 3.15. The fraction of sp³-hybridized carbons (Fsp3) is 0.316. The van der Waals surface area contributed by atoms with Gasteiger partial charge in [-0.25, -0.2) is 0 Å². The van der Waals surface area contributed by atoms with Crippen LogP contribution in [0.5, 0.6) is 0 Å². The van der Waals surface area contributed by atoms with Gasteiger partial charge in [-0.2, -0.15) is 0 Å². The van der Waals surface area contributed by atoms with Gasteiger partial charge in [0.1, 0.15) is 6.10 Å². The van der Waals surface area contributed by atoms with Crippen molar-refractivity contribution >= 4 is 5.91 Å². The Labute approximate surface area is 136 Å². The molecule has 1 heterocycles. The van der Waals surface area contributed by atoms with E-state index in [1.807, 2.05) is 60.7 Å². The summed E-state index contributed by atoms with van der Waals surface area (Å²) in [6.07, 6.45) is 1.06. The molecule has 0 spiro atoms. The lowest BCUT2D eigenvalue weighted by molar-refractivity contribution is -0.124. The lowest BCUT2D eigenvalue weighted by Gasteiger charge is -2.26. The zero-order valence-corrected chi connectivity index (χ0v) is 13.0. The maximum absolute atomic E-state index is 12.5. The second-order valence-corrected chi connectivity index (χ2v) is 5.90. The number of hydrogen-bond acceptors (Lipinski definition) is 3. The standard InChI is InChI=1S/C19H22N2O2/c22-18(15-10-5-2-6-11-15)17(14-8-3-1-4-9-14)21-19(23)16-12-7-13-20-16/h1-6,8-11,16-18,20,22H,7,12-13H2,(H,21,23)/t16-,17-,18-/m0/s1. The molecule has 4 heteroatoms. The summed E-state index contributed by atoms with van der Waals surface area (Å²) in [5, 5.41) is 17.0. The van der Waals surface area contributed by atoms with Gasteiger partial charge >= 0.3 is 0 Å². The summed E-state index contributed by atoms with van der Waals surface area (Å²) in [6.45, 7) is 0.870. The molecule has 0 saturated carbocycles. The van der Waals surface area contributed by atoms with E-state index in [1.165, 1.54) is 0 Å². The zero-order chi connectivity index (χ0) is 16.1. The topological polar surface area (TPSA) is 61.4 Å². The number of hydrogen-bond donors (Lipinski definition) is 3. The smallest absolute Gasteiger partial charge is 0.237 e. The molecule has 2 aromatic rings. The van der Waals surface area contributed by atoms with E-state index in [-0.39, 0.29) is 11.9 Å². The van der Waals surface area contributed by atoms with Crippen molar-refractivity contribution in [3.8, 4) is 0 Å². The van der Waals surface area contributed by atoms with Crippen molar-refractivity contribution in [1.29, 1.82) is 0 Å². The van der Waals surface area contributed by atoms with Crippen LogP contribution in [0.15, 0.2) is 60.7 Å². The molecule has 0 unspecified atom stereocenters. The number of amides is 1. The Morgan fingerprint density at radius 2 is 1.65 bits per heavy atom. The maximum Gasteiger partial charge on any atom is 0.237 e. The van der Waals surface area contributed by atoms with E-state index < -0.39 is 12.1 Å². The molecule has 4 nitrogen and oxygen atoms in total. The van der Waals surface area contributed by atoms with Crippen molar-refractivity contribution in [2.75, 3.05) is 6.54 Å². The van der Waals surface area contributed by atoms with E-state index in [9.17, 15) is 9.90 Å². The summed E-state index contributed by atoms with van der Waals surface area (Å²) in [5.41, 5.74) is 1.69. The van der Waals surface area contributed by atoms with Gasteiger partial charge in [0.05, 0.1) is 12.1 Å². The molecule has 3 rings (SSSR count). The predicted octanol–water partition coefficient (Wildman–Crippen LogP) is 2.33.